The topological polar surface area (TPSA) is 64.1 Å². The molecule has 2 aliphatic rings. The highest BCUT2D eigenvalue weighted by Gasteiger charge is 2.34. The van der Waals surface area contributed by atoms with Gasteiger partial charge in [-0.2, -0.15) is 0 Å². The van der Waals surface area contributed by atoms with Gasteiger partial charge in [0.15, 0.2) is 0 Å². The SMILES string of the molecule is CCC1CN(C(=O)N2CCCCC2CC(=O)O)CCN1C. The van der Waals surface area contributed by atoms with E-state index in [1.165, 1.54) is 0 Å². The smallest absolute Gasteiger partial charge is 0.320 e. The summed E-state index contributed by atoms with van der Waals surface area (Å²) in [5, 5.41) is 9.03. The van der Waals surface area contributed by atoms with Gasteiger partial charge in [0.25, 0.3) is 0 Å². The Kier molecular flexibility index (Phi) is 5.45. The van der Waals surface area contributed by atoms with Crippen LogP contribution in [0, 0.1) is 0 Å². The molecule has 2 heterocycles. The maximum Gasteiger partial charge on any atom is 0.320 e. The van der Waals surface area contributed by atoms with Crippen molar-refractivity contribution in [2.24, 2.45) is 0 Å². The van der Waals surface area contributed by atoms with Crippen molar-refractivity contribution in [2.45, 2.75) is 51.1 Å². The van der Waals surface area contributed by atoms with E-state index in [1.807, 2.05) is 4.90 Å². The molecule has 2 aliphatic heterocycles. The van der Waals surface area contributed by atoms with Crippen molar-refractivity contribution in [1.29, 1.82) is 0 Å². The molecule has 0 spiro atoms. The standard InChI is InChI=1S/C15H27N3O3/c1-3-12-11-17(9-8-16(12)2)15(21)18-7-5-4-6-13(18)10-14(19)20/h12-13H,3-11H2,1-2H3,(H,19,20). The number of hydrogen-bond acceptors (Lipinski definition) is 3. The van der Waals surface area contributed by atoms with Gasteiger partial charge in [0.1, 0.15) is 0 Å². The van der Waals surface area contributed by atoms with Crippen molar-refractivity contribution in [3.63, 3.8) is 0 Å². The molecule has 1 N–H and O–H groups in total. The summed E-state index contributed by atoms with van der Waals surface area (Å²) < 4.78 is 0. The normalized spacial score (nSPS) is 27.7. The van der Waals surface area contributed by atoms with Crippen LogP contribution in [0.4, 0.5) is 4.79 Å². The van der Waals surface area contributed by atoms with E-state index in [0.29, 0.717) is 12.6 Å². The third-order valence-corrected chi connectivity index (χ3v) is 4.80. The van der Waals surface area contributed by atoms with E-state index in [0.717, 1.165) is 45.3 Å². The molecule has 6 heteroatoms. The van der Waals surface area contributed by atoms with Gasteiger partial charge in [-0.25, -0.2) is 4.79 Å². The monoisotopic (exact) mass is 297 g/mol. The number of piperazine rings is 1. The van der Waals surface area contributed by atoms with Crippen LogP contribution in [0.15, 0.2) is 0 Å². The average molecular weight is 297 g/mol. The predicted molar refractivity (Wildman–Crippen MR) is 80.3 cm³/mol. The minimum Gasteiger partial charge on any atom is -0.481 e. The lowest BCUT2D eigenvalue weighted by Crippen LogP contribution is -2.58. The second kappa shape index (κ2) is 7.11. The number of urea groups is 1. The van der Waals surface area contributed by atoms with Crippen molar-refractivity contribution >= 4 is 12.0 Å². The number of likely N-dealkylation sites (N-methyl/N-ethyl adjacent to an activating group) is 1. The molecule has 120 valence electrons. The number of aliphatic carboxylic acids is 1. The van der Waals surface area contributed by atoms with E-state index in [1.54, 1.807) is 4.90 Å². The Morgan fingerprint density at radius 3 is 2.57 bits per heavy atom. The zero-order valence-corrected chi connectivity index (χ0v) is 13.1. The number of carbonyl (C=O) groups is 2. The third kappa shape index (κ3) is 3.87. The van der Waals surface area contributed by atoms with Gasteiger partial charge in [-0.05, 0) is 32.7 Å². The largest absolute Gasteiger partial charge is 0.481 e. The second-order valence-electron chi connectivity index (χ2n) is 6.21. The highest BCUT2D eigenvalue weighted by molar-refractivity contribution is 5.76. The summed E-state index contributed by atoms with van der Waals surface area (Å²) in [7, 11) is 2.10. The number of hydrogen-bond donors (Lipinski definition) is 1. The molecule has 2 saturated heterocycles. The first-order chi connectivity index (χ1) is 10.0. The molecule has 2 unspecified atom stereocenters. The molecule has 21 heavy (non-hydrogen) atoms. The Balaban J connectivity index is 2.01. The number of carbonyl (C=O) groups excluding carboxylic acids is 1. The third-order valence-electron chi connectivity index (χ3n) is 4.80. The fraction of sp³-hybridized carbons (Fsp3) is 0.867. The lowest BCUT2D eigenvalue weighted by molar-refractivity contribution is -0.138. The van der Waals surface area contributed by atoms with Crippen LogP contribution in [0.2, 0.25) is 0 Å². The van der Waals surface area contributed by atoms with E-state index in [2.05, 4.69) is 18.9 Å². The number of likely N-dealkylation sites (tertiary alicyclic amines) is 1. The lowest BCUT2D eigenvalue weighted by atomic mass is 9.99. The zero-order valence-electron chi connectivity index (χ0n) is 13.1. The number of piperidine rings is 1. The minimum atomic E-state index is -0.815. The highest BCUT2D eigenvalue weighted by Crippen LogP contribution is 2.22. The van der Waals surface area contributed by atoms with Crippen LogP contribution in [-0.2, 0) is 4.79 Å². The van der Waals surface area contributed by atoms with Gasteiger partial charge >= 0.3 is 12.0 Å². The molecule has 0 aromatic rings. The maximum atomic E-state index is 12.8. The average Bonchev–Trinajstić information content (AvgIpc) is 2.47. The molecule has 0 aromatic carbocycles. The molecule has 6 nitrogen and oxygen atoms in total. The van der Waals surface area contributed by atoms with Crippen LogP contribution in [-0.4, -0.2) is 77.1 Å². The Morgan fingerprint density at radius 1 is 1.14 bits per heavy atom. The number of nitrogens with zero attached hydrogens (tertiary/aromatic N) is 3. The van der Waals surface area contributed by atoms with Crippen molar-refractivity contribution in [1.82, 2.24) is 14.7 Å². The number of rotatable bonds is 3. The van der Waals surface area contributed by atoms with E-state index >= 15 is 0 Å². The van der Waals surface area contributed by atoms with Crippen molar-refractivity contribution in [3.8, 4) is 0 Å². The van der Waals surface area contributed by atoms with E-state index in [-0.39, 0.29) is 18.5 Å². The number of carboxylic acids is 1. The molecule has 2 fully saturated rings. The summed E-state index contributed by atoms with van der Waals surface area (Å²) >= 11 is 0. The molecule has 0 aromatic heterocycles. The summed E-state index contributed by atoms with van der Waals surface area (Å²) in [6, 6.07) is 0.307. The highest BCUT2D eigenvalue weighted by atomic mass is 16.4. The lowest BCUT2D eigenvalue weighted by Gasteiger charge is -2.43. The fourth-order valence-electron chi connectivity index (χ4n) is 3.41. The summed E-state index contributed by atoms with van der Waals surface area (Å²) in [6.07, 6.45) is 3.90. The zero-order chi connectivity index (χ0) is 15.4. The summed E-state index contributed by atoms with van der Waals surface area (Å²) in [5.74, 6) is -0.815. The van der Waals surface area contributed by atoms with Crippen LogP contribution in [0.3, 0.4) is 0 Å². The number of carboxylic acid groups (broad SMARTS) is 1. The van der Waals surface area contributed by atoms with Gasteiger partial charge in [0.2, 0.25) is 0 Å². The first-order valence-corrected chi connectivity index (χ1v) is 8.00. The minimum absolute atomic E-state index is 0.0347. The van der Waals surface area contributed by atoms with Gasteiger partial charge in [-0.3, -0.25) is 9.69 Å². The quantitative estimate of drug-likeness (QED) is 0.856. The van der Waals surface area contributed by atoms with Crippen molar-refractivity contribution < 1.29 is 14.7 Å². The summed E-state index contributed by atoms with van der Waals surface area (Å²) in [5.41, 5.74) is 0. The predicted octanol–water partition coefficient (Wildman–Crippen LogP) is 1.46. The van der Waals surface area contributed by atoms with E-state index in [9.17, 15) is 9.59 Å². The first kappa shape index (κ1) is 16.1. The van der Waals surface area contributed by atoms with Crippen LogP contribution in [0.5, 0.6) is 0 Å². The Hall–Kier alpha value is -1.30. The summed E-state index contributed by atoms with van der Waals surface area (Å²) in [4.78, 5) is 29.8. The van der Waals surface area contributed by atoms with Crippen molar-refractivity contribution in [2.75, 3.05) is 33.2 Å². The van der Waals surface area contributed by atoms with Gasteiger partial charge in [-0.15, -0.1) is 0 Å². The summed E-state index contributed by atoms with van der Waals surface area (Å²) in [6.45, 7) is 5.22. The van der Waals surface area contributed by atoms with Crippen LogP contribution >= 0.6 is 0 Å². The van der Waals surface area contributed by atoms with Gasteiger partial charge in [0.05, 0.1) is 6.42 Å². The second-order valence-corrected chi connectivity index (χ2v) is 6.21. The van der Waals surface area contributed by atoms with Gasteiger partial charge in [0, 0.05) is 38.3 Å². The van der Waals surface area contributed by atoms with Crippen molar-refractivity contribution in [3.05, 3.63) is 0 Å². The Bertz CT molecular complexity index is 388. The molecule has 0 aliphatic carbocycles. The van der Waals surface area contributed by atoms with Crippen LogP contribution in [0.25, 0.3) is 0 Å². The molecular weight excluding hydrogens is 270 g/mol. The van der Waals surface area contributed by atoms with E-state index in [4.69, 9.17) is 5.11 Å². The maximum absolute atomic E-state index is 12.8. The fourth-order valence-corrected chi connectivity index (χ4v) is 3.41. The molecule has 2 rings (SSSR count). The first-order valence-electron chi connectivity index (χ1n) is 8.00. The Morgan fingerprint density at radius 2 is 1.90 bits per heavy atom. The molecule has 0 radical (unpaired) electrons. The molecule has 2 amide bonds. The Labute approximate surface area is 126 Å². The number of amides is 2. The van der Waals surface area contributed by atoms with E-state index < -0.39 is 5.97 Å². The molecule has 0 saturated carbocycles. The van der Waals surface area contributed by atoms with Crippen LogP contribution < -0.4 is 0 Å². The molecule has 0 bridgehead atoms. The van der Waals surface area contributed by atoms with Gasteiger partial charge in [-0.1, -0.05) is 6.92 Å². The molecular formula is C15H27N3O3. The molecule has 2 atom stereocenters. The van der Waals surface area contributed by atoms with Crippen LogP contribution in [0.1, 0.15) is 39.0 Å². The van der Waals surface area contributed by atoms with Gasteiger partial charge < -0.3 is 14.9 Å².